The van der Waals surface area contributed by atoms with E-state index in [2.05, 4.69) is 15.9 Å². The van der Waals surface area contributed by atoms with Gasteiger partial charge in [-0.1, -0.05) is 15.9 Å². The first kappa shape index (κ1) is 11.3. The van der Waals surface area contributed by atoms with Gasteiger partial charge in [0.1, 0.15) is 0 Å². The zero-order valence-electron chi connectivity index (χ0n) is 7.99. The molecule has 0 spiro atoms. The highest BCUT2D eigenvalue weighted by molar-refractivity contribution is 9.09. The van der Waals surface area contributed by atoms with E-state index in [1.165, 1.54) is 17.9 Å². The number of thioether (sulfide) groups is 1. The summed E-state index contributed by atoms with van der Waals surface area (Å²) in [6.45, 7) is 0. The highest BCUT2D eigenvalue weighted by Crippen LogP contribution is 2.37. The molecule has 2 saturated heterocycles. The monoisotopic (exact) mass is 298 g/mol. The predicted octanol–water partition coefficient (Wildman–Crippen LogP) is 1.94. The van der Waals surface area contributed by atoms with Gasteiger partial charge in [0.05, 0.1) is 11.5 Å². The molecular formula is C9H15BrO2S2. The van der Waals surface area contributed by atoms with E-state index < -0.39 is 9.84 Å². The van der Waals surface area contributed by atoms with Gasteiger partial charge in [0.25, 0.3) is 0 Å². The van der Waals surface area contributed by atoms with Crippen molar-refractivity contribution in [2.45, 2.75) is 17.7 Å². The molecular weight excluding hydrogens is 284 g/mol. The molecule has 14 heavy (non-hydrogen) atoms. The summed E-state index contributed by atoms with van der Waals surface area (Å²) in [6, 6.07) is 0. The van der Waals surface area contributed by atoms with Crippen molar-refractivity contribution in [1.82, 2.24) is 0 Å². The summed E-state index contributed by atoms with van der Waals surface area (Å²) in [5.41, 5.74) is 0. The number of sulfone groups is 1. The maximum Gasteiger partial charge on any atom is 0.150 e. The molecule has 82 valence electrons. The average molecular weight is 299 g/mol. The summed E-state index contributed by atoms with van der Waals surface area (Å²) in [5, 5.41) is 0. The first-order valence-corrected chi connectivity index (χ1v) is 8.90. The van der Waals surface area contributed by atoms with Crippen LogP contribution in [-0.2, 0) is 9.84 Å². The van der Waals surface area contributed by atoms with Crippen LogP contribution in [0.1, 0.15) is 12.8 Å². The maximum atomic E-state index is 11.3. The Bertz CT molecular complexity index is 296. The van der Waals surface area contributed by atoms with Crippen LogP contribution >= 0.6 is 27.7 Å². The molecule has 0 aliphatic carbocycles. The van der Waals surface area contributed by atoms with Gasteiger partial charge in [-0.15, -0.1) is 0 Å². The van der Waals surface area contributed by atoms with Crippen LogP contribution in [0.4, 0.5) is 0 Å². The molecule has 2 nitrogen and oxygen atoms in total. The third-order valence-electron chi connectivity index (χ3n) is 3.13. The zero-order valence-corrected chi connectivity index (χ0v) is 11.2. The lowest BCUT2D eigenvalue weighted by Crippen LogP contribution is -2.24. The standard InChI is InChI=1S/C9H15BrO2S2/c10-9(7-1-3-13-5-7)8-2-4-14(11,12)6-8/h7-9H,1-6H2. The minimum Gasteiger partial charge on any atom is -0.229 e. The average Bonchev–Trinajstić information content (AvgIpc) is 2.72. The molecule has 2 rings (SSSR count). The third kappa shape index (κ3) is 2.47. The molecule has 0 radical (unpaired) electrons. The van der Waals surface area contributed by atoms with Crippen LogP contribution in [0, 0.1) is 11.8 Å². The molecule has 0 amide bonds. The molecule has 0 aromatic carbocycles. The van der Waals surface area contributed by atoms with E-state index in [0.717, 1.165) is 6.42 Å². The molecule has 2 aliphatic heterocycles. The first-order chi connectivity index (χ1) is 6.58. The van der Waals surface area contributed by atoms with Crippen molar-refractivity contribution in [2.75, 3.05) is 23.0 Å². The lowest BCUT2D eigenvalue weighted by Gasteiger charge is -2.21. The summed E-state index contributed by atoms with van der Waals surface area (Å²) in [7, 11) is -2.71. The van der Waals surface area contributed by atoms with Crippen LogP contribution in [0.2, 0.25) is 0 Å². The van der Waals surface area contributed by atoms with Crippen LogP contribution in [-0.4, -0.2) is 36.3 Å². The van der Waals surface area contributed by atoms with Gasteiger partial charge in [-0.25, -0.2) is 8.42 Å². The number of rotatable bonds is 2. The minimum atomic E-state index is -2.71. The Hall–Kier alpha value is 0.780. The Morgan fingerprint density at radius 3 is 2.57 bits per heavy atom. The molecule has 2 fully saturated rings. The molecule has 2 aliphatic rings. The molecule has 3 atom stereocenters. The number of halogens is 1. The molecule has 0 saturated carbocycles. The van der Waals surface area contributed by atoms with Gasteiger partial charge in [0.15, 0.2) is 9.84 Å². The summed E-state index contributed by atoms with van der Waals surface area (Å²) >= 11 is 5.70. The lowest BCUT2D eigenvalue weighted by molar-refractivity contribution is 0.451. The Morgan fingerprint density at radius 2 is 2.07 bits per heavy atom. The second-order valence-electron chi connectivity index (χ2n) is 4.23. The van der Waals surface area contributed by atoms with Gasteiger partial charge in [0, 0.05) is 4.83 Å². The molecule has 2 heterocycles. The Balaban J connectivity index is 1.95. The number of alkyl halides is 1. The van der Waals surface area contributed by atoms with Crippen LogP contribution in [0.15, 0.2) is 0 Å². The van der Waals surface area contributed by atoms with Crippen LogP contribution < -0.4 is 0 Å². The molecule has 0 aromatic heterocycles. The second-order valence-corrected chi connectivity index (χ2v) is 8.67. The molecule has 3 unspecified atom stereocenters. The molecule has 0 aromatic rings. The van der Waals surface area contributed by atoms with Gasteiger partial charge in [-0.05, 0) is 36.2 Å². The van der Waals surface area contributed by atoms with Gasteiger partial charge in [-0.3, -0.25) is 0 Å². The van der Waals surface area contributed by atoms with E-state index in [9.17, 15) is 8.42 Å². The van der Waals surface area contributed by atoms with Crippen molar-refractivity contribution in [3.05, 3.63) is 0 Å². The van der Waals surface area contributed by atoms with Gasteiger partial charge >= 0.3 is 0 Å². The van der Waals surface area contributed by atoms with E-state index in [4.69, 9.17) is 0 Å². The van der Waals surface area contributed by atoms with E-state index in [1.807, 2.05) is 11.8 Å². The highest BCUT2D eigenvalue weighted by Gasteiger charge is 2.37. The zero-order chi connectivity index (χ0) is 10.2. The molecule has 0 N–H and O–H groups in total. The Morgan fingerprint density at radius 1 is 1.29 bits per heavy atom. The van der Waals surface area contributed by atoms with Gasteiger partial charge in [0.2, 0.25) is 0 Å². The van der Waals surface area contributed by atoms with E-state index in [0.29, 0.717) is 28.2 Å². The van der Waals surface area contributed by atoms with Crippen LogP contribution in [0.25, 0.3) is 0 Å². The normalized spacial score (nSPS) is 38.6. The quantitative estimate of drug-likeness (QED) is 0.731. The minimum absolute atomic E-state index is 0.365. The van der Waals surface area contributed by atoms with Crippen LogP contribution in [0.3, 0.4) is 0 Å². The fourth-order valence-corrected chi connectivity index (χ4v) is 6.83. The Kier molecular flexibility index (Phi) is 3.49. The third-order valence-corrected chi connectivity index (χ3v) is 7.61. The maximum absolute atomic E-state index is 11.3. The second kappa shape index (κ2) is 4.34. The highest BCUT2D eigenvalue weighted by atomic mass is 79.9. The number of hydrogen-bond acceptors (Lipinski definition) is 3. The SMILES string of the molecule is O=S1(=O)CCC(C(Br)C2CCSC2)C1. The largest absolute Gasteiger partial charge is 0.229 e. The van der Waals surface area contributed by atoms with E-state index >= 15 is 0 Å². The van der Waals surface area contributed by atoms with Crippen molar-refractivity contribution in [1.29, 1.82) is 0 Å². The first-order valence-electron chi connectivity index (χ1n) is 5.01. The van der Waals surface area contributed by atoms with E-state index in [1.54, 1.807) is 0 Å². The van der Waals surface area contributed by atoms with Crippen molar-refractivity contribution < 1.29 is 8.42 Å². The van der Waals surface area contributed by atoms with Gasteiger partial charge in [-0.2, -0.15) is 11.8 Å². The fourth-order valence-electron chi connectivity index (χ4n) is 2.26. The lowest BCUT2D eigenvalue weighted by atomic mass is 9.93. The molecule has 0 bridgehead atoms. The summed E-state index contributed by atoms with van der Waals surface area (Å²) in [6.07, 6.45) is 2.11. The van der Waals surface area contributed by atoms with Crippen molar-refractivity contribution >= 4 is 37.5 Å². The topological polar surface area (TPSA) is 34.1 Å². The summed E-state index contributed by atoms with van der Waals surface area (Å²) in [4.78, 5) is 0.426. The van der Waals surface area contributed by atoms with Crippen molar-refractivity contribution in [2.24, 2.45) is 11.8 Å². The van der Waals surface area contributed by atoms with E-state index in [-0.39, 0.29) is 0 Å². The van der Waals surface area contributed by atoms with Crippen molar-refractivity contribution in [3.63, 3.8) is 0 Å². The summed E-state index contributed by atoms with van der Waals surface area (Å²) < 4.78 is 22.7. The fraction of sp³-hybridized carbons (Fsp3) is 1.00. The van der Waals surface area contributed by atoms with Crippen molar-refractivity contribution in [3.8, 4) is 0 Å². The Labute approximate surface area is 98.3 Å². The summed E-state index contributed by atoms with van der Waals surface area (Å²) in [5.74, 6) is 4.31. The smallest absolute Gasteiger partial charge is 0.150 e. The number of hydrogen-bond donors (Lipinski definition) is 0. The van der Waals surface area contributed by atoms with Gasteiger partial charge < -0.3 is 0 Å². The van der Waals surface area contributed by atoms with Crippen LogP contribution in [0.5, 0.6) is 0 Å². The predicted molar refractivity (Wildman–Crippen MR) is 64.9 cm³/mol. The molecule has 5 heteroatoms.